The van der Waals surface area contributed by atoms with E-state index < -0.39 is 0 Å². The molecule has 0 saturated carbocycles. The minimum absolute atomic E-state index is 0.223. The molecule has 0 aromatic heterocycles. The second-order valence-corrected chi connectivity index (χ2v) is 11.2. The first kappa shape index (κ1) is 22.3. The van der Waals surface area contributed by atoms with E-state index in [1.807, 2.05) is 23.9 Å². The average molecular weight is 441 g/mol. The van der Waals surface area contributed by atoms with Crippen molar-refractivity contribution in [2.24, 2.45) is 0 Å². The number of halogens is 1. The van der Waals surface area contributed by atoms with E-state index in [9.17, 15) is 4.79 Å². The fraction of sp³-hybridized carbons (Fsp3) is 0.682. The number of nitrogens with zero attached hydrogens (tertiary/aromatic N) is 1. The molecule has 156 valence electrons. The molecule has 28 heavy (non-hydrogen) atoms. The summed E-state index contributed by atoms with van der Waals surface area (Å²) in [6.45, 7) is 4.20. The van der Waals surface area contributed by atoms with Crippen LogP contribution in [0.5, 0.6) is 0 Å². The second-order valence-electron chi connectivity index (χ2n) is 7.80. The Kier molecular flexibility index (Phi) is 9.86. The minimum atomic E-state index is 0.223. The van der Waals surface area contributed by atoms with Crippen molar-refractivity contribution < 1.29 is 4.79 Å². The molecule has 2 aliphatic heterocycles. The Morgan fingerprint density at radius 3 is 2.89 bits per heavy atom. The molecule has 2 unspecified atom stereocenters. The standard InChI is InChI=1S/C22H33ClN2OS2/c23-19-8-6-7-18(17-19)22-27-16-11-20(28-22)9-2-3-10-21(26)24-12-15-25-13-4-1-5-14-25/h6-8,17,20,22H,1-5,9-16H2,(H,24,26). The maximum atomic E-state index is 12.1. The number of benzene rings is 1. The highest BCUT2D eigenvalue weighted by Crippen LogP contribution is 2.48. The van der Waals surface area contributed by atoms with E-state index in [-0.39, 0.29) is 5.91 Å². The number of likely N-dealkylation sites (tertiary alicyclic amines) is 1. The van der Waals surface area contributed by atoms with E-state index in [1.165, 1.54) is 56.5 Å². The van der Waals surface area contributed by atoms with Gasteiger partial charge in [-0.05, 0) is 68.6 Å². The molecule has 0 spiro atoms. The summed E-state index contributed by atoms with van der Waals surface area (Å²) in [5, 5.41) is 4.63. The summed E-state index contributed by atoms with van der Waals surface area (Å²) in [5.74, 6) is 1.44. The molecular weight excluding hydrogens is 408 g/mol. The normalized spacial score (nSPS) is 23.5. The molecule has 2 saturated heterocycles. The maximum Gasteiger partial charge on any atom is 0.220 e. The third kappa shape index (κ3) is 7.81. The van der Waals surface area contributed by atoms with E-state index in [2.05, 4.69) is 34.1 Å². The lowest BCUT2D eigenvalue weighted by atomic mass is 10.1. The van der Waals surface area contributed by atoms with Gasteiger partial charge in [0, 0.05) is 29.8 Å². The number of unbranched alkanes of at least 4 members (excludes halogenated alkanes) is 1. The zero-order valence-corrected chi connectivity index (χ0v) is 19.1. The second kappa shape index (κ2) is 12.4. The highest BCUT2D eigenvalue weighted by atomic mass is 35.5. The van der Waals surface area contributed by atoms with Crippen LogP contribution < -0.4 is 5.32 Å². The number of piperidine rings is 1. The van der Waals surface area contributed by atoms with Crippen molar-refractivity contribution >= 4 is 41.0 Å². The highest BCUT2D eigenvalue weighted by molar-refractivity contribution is 8.17. The molecule has 0 radical (unpaired) electrons. The van der Waals surface area contributed by atoms with Crippen molar-refractivity contribution in [1.29, 1.82) is 0 Å². The van der Waals surface area contributed by atoms with Gasteiger partial charge < -0.3 is 10.2 Å². The summed E-state index contributed by atoms with van der Waals surface area (Å²) in [6.07, 6.45) is 9.28. The Balaban J connectivity index is 1.26. The van der Waals surface area contributed by atoms with E-state index in [4.69, 9.17) is 11.6 Å². The Morgan fingerprint density at radius 1 is 1.21 bits per heavy atom. The van der Waals surface area contributed by atoms with Crippen LogP contribution in [-0.2, 0) is 4.79 Å². The molecule has 1 aromatic carbocycles. The van der Waals surface area contributed by atoms with Crippen LogP contribution in [0.3, 0.4) is 0 Å². The van der Waals surface area contributed by atoms with Crippen LogP contribution in [0.1, 0.15) is 61.5 Å². The number of amides is 1. The first-order valence-electron chi connectivity index (χ1n) is 10.7. The van der Waals surface area contributed by atoms with Crippen LogP contribution in [-0.4, -0.2) is 48.0 Å². The number of nitrogens with one attached hydrogen (secondary N) is 1. The molecular formula is C22H33ClN2OS2. The molecule has 1 N–H and O–H groups in total. The van der Waals surface area contributed by atoms with Crippen LogP contribution in [0.4, 0.5) is 0 Å². The van der Waals surface area contributed by atoms with Crippen molar-refractivity contribution in [3.05, 3.63) is 34.9 Å². The van der Waals surface area contributed by atoms with Gasteiger partial charge >= 0.3 is 0 Å². The summed E-state index contributed by atoms with van der Waals surface area (Å²) >= 11 is 10.3. The largest absolute Gasteiger partial charge is 0.355 e. The topological polar surface area (TPSA) is 32.3 Å². The number of carbonyl (C=O) groups excluding carboxylic acids is 1. The van der Waals surface area contributed by atoms with E-state index >= 15 is 0 Å². The molecule has 3 rings (SSSR count). The SMILES string of the molecule is O=C(CCCCC1CCSC(c2cccc(Cl)c2)S1)NCCN1CCCCC1. The molecule has 2 heterocycles. The molecule has 6 heteroatoms. The fourth-order valence-corrected chi connectivity index (χ4v) is 7.52. The summed E-state index contributed by atoms with van der Waals surface area (Å²) in [5.41, 5.74) is 1.33. The molecule has 2 atom stereocenters. The van der Waals surface area contributed by atoms with Crippen molar-refractivity contribution in [3.8, 4) is 0 Å². The zero-order chi connectivity index (χ0) is 19.6. The minimum Gasteiger partial charge on any atom is -0.355 e. The average Bonchev–Trinajstić information content (AvgIpc) is 2.72. The number of carbonyl (C=O) groups is 1. The summed E-state index contributed by atoms with van der Waals surface area (Å²) < 4.78 is 0.496. The van der Waals surface area contributed by atoms with Crippen molar-refractivity contribution in [3.63, 3.8) is 0 Å². The first-order chi connectivity index (χ1) is 13.7. The van der Waals surface area contributed by atoms with Gasteiger partial charge in [-0.15, -0.1) is 23.5 Å². The van der Waals surface area contributed by atoms with Gasteiger partial charge in [0.2, 0.25) is 5.91 Å². The van der Waals surface area contributed by atoms with Gasteiger partial charge in [-0.1, -0.05) is 36.6 Å². The molecule has 0 aliphatic carbocycles. The first-order valence-corrected chi connectivity index (χ1v) is 13.1. The Hall–Kier alpha value is -0.360. The Labute approximate surface area is 183 Å². The monoisotopic (exact) mass is 440 g/mol. The van der Waals surface area contributed by atoms with Crippen LogP contribution in [0.15, 0.2) is 24.3 Å². The van der Waals surface area contributed by atoms with Gasteiger partial charge in [-0.25, -0.2) is 0 Å². The number of hydrogen-bond donors (Lipinski definition) is 1. The predicted octanol–water partition coefficient (Wildman–Crippen LogP) is 5.74. The smallest absolute Gasteiger partial charge is 0.220 e. The molecule has 3 nitrogen and oxygen atoms in total. The zero-order valence-electron chi connectivity index (χ0n) is 16.7. The Morgan fingerprint density at radius 2 is 2.07 bits per heavy atom. The van der Waals surface area contributed by atoms with E-state index in [0.29, 0.717) is 16.3 Å². The van der Waals surface area contributed by atoms with Gasteiger partial charge in [0.15, 0.2) is 0 Å². The predicted molar refractivity (Wildman–Crippen MR) is 124 cm³/mol. The van der Waals surface area contributed by atoms with E-state index in [1.54, 1.807) is 0 Å². The van der Waals surface area contributed by atoms with E-state index in [0.717, 1.165) is 31.0 Å². The molecule has 1 aromatic rings. The fourth-order valence-electron chi connectivity index (χ4n) is 3.91. The van der Waals surface area contributed by atoms with Crippen molar-refractivity contribution in [1.82, 2.24) is 10.2 Å². The number of rotatable bonds is 9. The molecule has 2 fully saturated rings. The summed E-state index contributed by atoms with van der Waals surface area (Å²) in [4.78, 5) is 14.5. The molecule has 0 bridgehead atoms. The van der Waals surface area contributed by atoms with Crippen molar-refractivity contribution in [2.75, 3.05) is 31.9 Å². The third-order valence-corrected chi connectivity index (χ3v) is 8.92. The van der Waals surface area contributed by atoms with Crippen LogP contribution in [0.2, 0.25) is 5.02 Å². The van der Waals surface area contributed by atoms with Gasteiger partial charge in [-0.3, -0.25) is 4.79 Å². The Bertz CT molecular complexity index is 610. The van der Waals surface area contributed by atoms with Crippen molar-refractivity contribution in [2.45, 2.75) is 61.2 Å². The van der Waals surface area contributed by atoms with Gasteiger partial charge in [0.05, 0.1) is 4.58 Å². The lowest BCUT2D eigenvalue weighted by molar-refractivity contribution is -0.121. The molecule has 2 aliphatic rings. The lowest BCUT2D eigenvalue weighted by Gasteiger charge is -2.28. The summed E-state index contributed by atoms with van der Waals surface area (Å²) in [7, 11) is 0. The number of hydrogen-bond acceptors (Lipinski definition) is 4. The van der Waals surface area contributed by atoms with Crippen LogP contribution in [0, 0.1) is 0 Å². The quantitative estimate of drug-likeness (QED) is 0.496. The maximum absolute atomic E-state index is 12.1. The highest BCUT2D eigenvalue weighted by Gasteiger charge is 2.24. The van der Waals surface area contributed by atoms with Gasteiger partial charge in [0.1, 0.15) is 0 Å². The third-order valence-electron chi connectivity index (χ3n) is 5.52. The lowest BCUT2D eigenvalue weighted by Crippen LogP contribution is -2.37. The van der Waals surface area contributed by atoms with Crippen LogP contribution in [0.25, 0.3) is 0 Å². The van der Waals surface area contributed by atoms with Crippen LogP contribution >= 0.6 is 35.1 Å². The van der Waals surface area contributed by atoms with Gasteiger partial charge in [0.25, 0.3) is 0 Å². The molecule has 1 amide bonds. The van der Waals surface area contributed by atoms with Gasteiger partial charge in [-0.2, -0.15) is 0 Å². The number of thioether (sulfide) groups is 2. The summed E-state index contributed by atoms with van der Waals surface area (Å²) in [6, 6.07) is 8.28.